The number of carbonyl (C=O) groups excluding carboxylic acids is 1. The Bertz CT molecular complexity index is 918. The van der Waals surface area contributed by atoms with Crippen LogP contribution in [-0.4, -0.2) is 27.2 Å². The van der Waals surface area contributed by atoms with E-state index in [2.05, 4.69) is 15.3 Å². The van der Waals surface area contributed by atoms with Gasteiger partial charge in [0.25, 0.3) is 0 Å². The Hall–Kier alpha value is -2.87. The van der Waals surface area contributed by atoms with Crippen molar-refractivity contribution in [2.45, 2.75) is 12.8 Å². The van der Waals surface area contributed by atoms with Crippen LogP contribution in [0.15, 0.2) is 36.1 Å². The zero-order valence-corrected chi connectivity index (χ0v) is 14.4. The zero-order valence-electron chi connectivity index (χ0n) is 13.6. The van der Waals surface area contributed by atoms with Gasteiger partial charge in [0.1, 0.15) is 0 Å². The smallest absolute Gasteiger partial charge is 0.231 e. The van der Waals surface area contributed by atoms with Gasteiger partial charge >= 0.3 is 0 Å². The fourth-order valence-electron chi connectivity index (χ4n) is 2.57. The number of aromatic nitrogens is 3. The maximum absolute atomic E-state index is 12.1. The van der Waals surface area contributed by atoms with Gasteiger partial charge in [-0.25, -0.2) is 9.97 Å². The molecule has 0 aliphatic carbocycles. The van der Waals surface area contributed by atoms with Gasteiger partial charge in [0.15, 0.2) is 16.6 Å². The van der Waals surface area contributed by atoms with E-state index >= 15 is 0 Å². The summed E-state index contributed by atoms with van der Waals surface area (Å²) in [6.07, 6.45) is 4.53. The van der Waals surface area contributed by atoms with E-state index < -0.39 is 0 Å². The third-order valence-corrected chi connectivity index (χ3v) is 4.70. The number of fused-ring (bicyclic) bond motifs is 1. The number of ether oxygens (including phenoxy) is 2. The molecule has 1 aromatic carbocycles. The van der Waals surface area contributed by atoms with Crippen LogP contribution in [0, 0.1) is 0 Å². The van der Waals surface area contributed by atoms with Crippen molar-refractivity contribution in [3.05, 3.63) is 41.8 Å². The Morgan fingerprint density at radius 1 is 1.36 bits per heavy atom. The number of carbonyl (C=O) groups is 1. The molecule has 7 nitrogen and oxygen atoms in total. The van der Waals surface area contributed by atoms with Gasteiger partial charge in [0.2, 0.25) is 12.7 Å². The van der Waals surface area contributed by atoms with Crippen LogP contribution < -0.4 is 14.8 Å². The Labute approximate surface area is 148 Å². The topological polar surface area (TPSA) is 78.3 Å². The van der Waals surface area contributed by atoms with Gasteiger partial charge in [-0.1, -0.05) is 0 Å². The predicted molar refractivity (Wildman–Crippen MR) is 93.8 cm³/mol. The van der Waals surface area contributed by atoms with Crippen molar-refractivity contribution in [3.8, 4) is 22.8 Å². The van der Waals surface area contributed by atoms with Gasteiger partial charge in [0.05, 0.1) is 12.0 Å². The van der Waals surface area contributed by atoms with Crippen molar-refractivity contribution in [1.29, 1.82) is 0 Å². The molecule has 8 heteroatoms. The number of benzene rings is 1. The summed E-state index contributed by atoms with van der Waals surface area (Å²) in [6, 6.07) is 5.69. The number of thiazole rings is 1. The van der Waals surface area contributed by atoms with Crippen LogP contribution in [0.3, 0.4) is 0 Å². The Morgan fingerprint density at radius 2 is 2.24 bits per heavy atom. The minimum atomic E-state index is -0.0622. The average molecular weight is 356 g/mol. The van der Waals surface area contributed by atoms with Crippen LogP contribution in [-0.2, 0) is 18.3 Å². The molecule has 1 N–H and O–H groups in total. The maximum atomic E-state index is 12.1. The third kappa shape index (κ3) is 3.34. The molecule has 1 aliphatic heterocycles. The summed E-state index contributed by atoms with van der Waals surface area (Å²) < 4.78 is 12.6. The van der Waals surface area contributed by atoms with Crippen LogP contribution in [0.2, 0.25) is 0 Å². The minimum Gasteiger partial charge on any atom is -0.454 e. The highest BCUT2D eigenvalue weighted by molar-refractivity contribution is 7.14. The fraction of sp³-hybridized carbons (Fsp3) is 0.235. The molecule has 0 atom stereocenters. The van der Waals surface area contributed by atoms with Crippen molar-refractivity contribution >= 4 is 22.4 Å². The summed E-state index contributed by atoms with van der Waals surface area (Å²) in [5, 5.41) is 5.35. The summed E-state index contributed by atoms with van der Waals surface area (Å²) in [6.45, 7) is 0.244. The van der Waals surface area contributed by atoms with Gasteiger partial charge in [0, 0.05) is 36.3 Å². The van der Waals surface area contributed by atoms with Gasteiger partial charge in [-0.3, -0.25) is 4.79 Å². The zero-order chi connectivity index (χ0) is 17.2. The minimum absolute atomic E-state index is 0.0622. The standard InChI is InChI=1S/C17H16N4O3S/c1-21-9-18-7-12(21)3-5-16(22)20-17-19-13(8-25-17)11-2-4-14-15(6-11)24-10-23-14/h2,4,6-9H,3,5,10H2,1H3,(H,19,20,22). The molecule has 0 spiro atoms. The van der Waals surface area contributed by atoms with E-state index in [0.717, 1.165) is 22.7 Å². The van der Waals surface area contributed by atoms with E-state index in [4.69, 9.17) is 9.47 Å². The number of anilines is 1. The molecule has 0 fully saturated rings. The van der Waals surface area contributed by atoms with Gasteiger partial charge < -0.3 is 19.4 Å². The van der Waals surface area contributed by atoms with Crippen LogP contribution in [0.25, 0.3) is 11.3 Å². The first kappa shape index (κ1) is 15.6. The first-order chi connectivity index (χ1) is 12.2. The second-order valence-corrected chi connectivity index (χ2v) is 6.51. The number of aryl methyl sites for hydroxylation is 2. The number of imidazole rings is 1. The molecule has 3 aromatic rings. The number of nitrogens with zero attached hydrogens (tertiary/aromatic N) is 3. The van der Waals surface area contributed by atoms with E-state index in [-0.39, 0.29) is 12.7 Å². The molecule has 0 unspecified atom stereocenters. The summed E-state index contributed by atoms with van der Waals surface area (Å²) >= 11 is 1.40. The lowest BCUT2D eigenvalue weighted by atomic mass is 10.1. The Morgan fingerprint density at radius 3 is 3.08 bits per heavy atom. The molecule has 1 aliphatic rings. The van der Waals surface area contributed by atoms with E-state index in [1.54, 1.807) is 12.5 Å². The lowest BCUT2D eigenvalue weighted by Gasteiger charge is -2.03. The molecule has 128 valence electrons. The highest BCUT2D eigenvalue weighted by atomic mass is 32.1. The molecule has 0 saturated carbocycles. The molecule has 4 rings (SSSR count). The number of hydrogen-bond acceptors (Lipinski definition) is 6. The van der Waals surface area contributed by atoms with Gasteiger partial charge in [-0.05, 0) is 24.6 Å². The van der Waals surface area contributed by atoms with Crippen LogP contribution >= 0.6 is 11.3 Å². The van der Waals surface area contributed by atoms with E-state index in [0.29, 0.717) is 23.7 Å². The second kappa shape index (κ2) is 6.56. The SMILES string of the molecule is Cn1cncc1CCC(=O)Nc1nc(-c2ccc3c(c2)OCO3)cs1. The molecular weight excluding hydrogens is 340 g/mol. The molecule has 0 radical (unpaired) electrons. The van der Waals surface area contributed by atoms with Crippen molar-refractivity contribution in [2.75, 3.05) is 12.1 Å². The molecule has 0 bridgehead atoms. The molecular formula is C17H16N4O3S. The van der Waals surface area contributed by atoms with E-state index in [1.165, 1.54) is 11.3 Å². The summed E-state index contributed by atoms with van der Waals surface area (Å²) in [4.78, 5) is 20.6. The quantitative estimate of drug-likeness (QED) is 0.760. The average Bonchev–Trinajstić information content (AvgIpc) is 3.33. The monoisotopic (exact) mass is 356 g/mol. The first-order valence-corrected chi connectivity index (χ1v) is 8.67. The number of amides is 1. The number of rotatable bonds is 5. The van der Waals surface area contributed by atoms with Crippen molar-refractivity contribution in [1.82, 2.24) is 14.5 Å². The fourth-order valence-corrected chi connectivity index (χ4v) is 3.30. The van der Waals surface area contributed by atoms with E-state index in [1.807, 2.05) is 35.2 Å². The van der Waals surface area contributed by atoms with Crippen LogP contribution in [0.1, 0.15) is 12.1 Å². The Kier molecular flexibility index (Phi) is 4.10. The highest BCUT2D eigenvalue weighted by Gasteiger charge is 2.15. The maximum Gasteiger partial charge on any atom is 0.231 e. The lowest BCUT2D eigenvalue weighted by molar-refractivity contribution is -0.116. The second-order valence-electron chi connectivity index (χ2n) is 5.65. The molecule has 25 heavy (non-hydrogen) atoms. The van der Waals surface area contributed by atoms with Gasteiger partial charge in [-0.15, -0.1) is 11.3 Å². The molecule has 1 amide bonds. The number of hydrogen-bond donors (Lipinski definition) is 1. The molecule has 2 aromatic heterocycles. The highest BCUT2D eigenvalue weighted by Crippen LogP contribution is 2.36. The largest absolute Gasteiger partial charge is 0.454 e. The molecule has 3 heterocycles. The van der Waals surface area contributed by atoms with Crippen LogP contribution in [0.4, 0.5) is 5.13 Å². The van der Waals surface area contributed by atoms with E-state index in [9.17, 15) is 4.79 Å². The summed E-state index contributed by atoms with van der Waals surface area (Å²) in [5.74, 6) is 1.39. The van der Waals surface area contributed by atoms with Crippen molar-refractivity contribution in [3.63, 3.8) is 0 Å². The van der Waals surface area contributed by atoms with Crippen molar-refractivity contribution < 1.29 is 14.3 Å². The van der Waals surface area contributed by atoms with Crippen molar-refractivity contribution in [2.24, 2.45) is 7.05 Å². The predicted octanol–water partition coefficient (Wildman–Crippen LogP) is 2.84. The van der Waals surface area contributed by atoms with Gasteiger partial charge in [-0.2, -0.15) is 0 Å². The summed E-state index contributed by atoms with van der Waals surface area (Å²) in [7, 11) is 1.92. The lowest BCUT2D eigenvalue weighted by Crippen LogP contribution is -2.12. The third-order valence-electron chi connectivity index (χ3n) is 3.94. The summed E-state index contributed by atoms with van der Waals surface area (Å²) in [5.41, 5.74) is 2.75. The molecule has 0 saturated heterocycles. The Balaban J connectivity index is 1.39. The number of nitrogens with one attached hydrogen (secondary N) is 1. The van der Waals surface area contributed by atoms with Crippen LogP contribution in [0.5, 0.6) is 11.5 Å². The first-order valence-electron chi connectivity index (χ1n) is 7.79. The normalized spacial score (nSPS) is 12.4.